The lowest BCUT2D eigenvalue weighted by atomic mass is 10.1. The maximum absolute atomic E-state index is 12.1. The van der Waals surface area contributed by atoms with Crippen LogP contribution in [-0.4, -0.2) is 23.4 Å². The van der Waals surface area contributed by atoms with Crippen LogP contribution in [0.5, 0.6) is 0 Å². The van der Waals surface area contributed by atoms with Gasteiger partial charge < -0.3 is 10.1 Å². The average molecular weight is 319 g/mol. The predicted octanol–water partition coefficient (Wildman–Crippen LogP) is 2.77. The van der Waals surface area contributed by atoms with Crippen molar-refractivity contribution in [3.05, 3.63) is 64.9 Å². The molecule has 0 bridgehead atoms. The van der Waals surface area contributed by atoms with Gasteiger partial charge in [0.2, 0.25) is 5.91 Å². The normalized spacial score (nSPS) is 11.5. The first-order valence-electron chi connectivity index (χ1n) is 6.68. The highest BCUT2D eigenvalue weighted by Gasteiger charge is 2.19. The van der Waals surface area contributed by atoms with Crippen LogP contribution >= 0.6 is 11.6 Å². The second-order valence-corrected chi connectivity index (χ2v) is 5.04. The Hall–Kier alpha value is -2.40. The van der Waals surface area contributed by atoms with Gasteiger partial charge in [-0.2, -0.15) is 0 Å². The lowest BCUT2D eigenvalue weighted by Gasteiger charge is -2.18. The van der Waals surface area contributed by atoms with Crippen LogP contribution in [0.25, 0.3) is 0 Å². The number of nitrogens with zero attached hydrogens (tertiary/aromatic N) is 1. The van der Waals surface area contributed by atoms with Crippen molar-refractivity contribution in [2.75, 3.05) is 6.54 Å². The highest BCUT2D eigenvalue weighted by Crippen LogP contribution is 2.18. The first-order chi connectivity index (χ1) is 10.6. The molecule has 1 atom stereocenters. The van der Waals surface area contributed by atoms with Crippen LogP contribution in [0.3, 0.4) is 0 Å². The van der Waals surface area contributed by atoms with Gasteiger partial charge >= 0.3 is 5.97 Å². The zero-order valence-corrected chi connectivity index (χ0v) is 12.7. The van der Waals surface area contributed by atoms with Crippen LogP contribution < -0.4 is 5.32 Å². The summed E-state index contributed by atoms with van der Waals surface area (Å²) in [7, 11) is 0. The molecular weight excluding hydrogens is 304 g/mol. The Morgan fingerprint density at radius 2 is 1.95 bits per heavy atom. The third-order valence-corrected chi connectivity index (χ3v) is 3.12. The Bertz CT molecular complexity index is 644. The second-order valence-electron chi connectivity index (χ2n) is 4.60. The monoisotopic (exact) mass is 318 g/mol. The summed E-state index contributed by atoms with van der Waals surface area (Å²) in [4.78, 5) is 27.2. The minimum absolute atomic E-state index is 0.160. The molecule has 6 heteroatoms. The summed E-state index contributed by atoms with van der Waals surface area (Å²) in [6.07, 6.45) is 0.791. The lowest BCUT2D eigenvalue weighted by molar-refractivity contribution is -0.119. The molecule has 0 aliphatic heterocycles. The van der Waals surface area contributed by atoms with E-state index in [0.29, 0.717) is 5.02 Å². The smallest absolute Gasteiger partial charge is 0.357 e. The number of ether oxygens (including phenoxy) is 1. The van der Waals surface area contributed by atoms with Crippen LogP contribution in [0.2, 0.25) is 5.02 Å². The van der Waals surface area contributed by atoms with E-state index in [1.54, 1.807) is 6.07 Å². The topological polar surface area (TPSA) is 68.3 Å². The zero-order chi connectivity index (χ0) is 15.9. The standard InChI is InChI=1S/C16H15ClN2O3/c1-11(20)18-10-15(12-5-3-2-4-6-12)22-16(21)14-8-7-13(17)9-19-14/h2-9,15H,10H2,1H3,(H,18,20)/t15-/m0/s1. The molecule has 0 fully saturated rings. The van der Waals surface area contributed by atoms with Crippen molar-refractivity contribution < 1.29 is 14.3 Å². The largest absolute Gasteiger partial charge is 0.451 e. The quantitative estimate of drug-likeness (QED) is 0.861. The number of benzene rings is 1. The van der Waals surface area contributed by atoms with Crippen LogP contribution in [0.4, 0.5) is 0 Å². The fraction of sp³-hybridized carbons (Fsp3) is 0.188. The van der Waals surface area contributed by atoms with E-state index < -0.39 is 12.1 Å². The molecule has 0 aliphatic rings. The molecule has 0 saturated heterocycles. The van der Waals surface area contributed by atoms with Gasteiger partial charge in [0.25, 0.3) is 0 Å². The van der Waals surface area contributed by atoms with Crippen molar-refractivity contribution in [1.82, 2.24) is 10.3 Å². The van der Waals surface area contributed by atoms with Gasteiger partial charge in [-0.25, -0.2) is 9.78 Å². The summed E-state index contributed by atoms with van der Waals surface area (Å²) in [5.41, 5.74) is 0.951. The van der Waals surface area contributed by atoms with Gasteiger partial charge in [0.1, 0.15) is 11.8 Å². The van der Waals surface area contributed by atoms with Crippen LogP contribution in [0.15, 0.2) is 48.7 Å². The van der Waals surface area contributed by atoms with Crippen molar-refractivity contribution >= 4 is 23.5 Å². The Morgan fingerprint density at radius 1 is 1.23 bits per heavy atom. The fourth-order valence-electron chi connectivity index (χ4n) is 1.82. The molecule has 1 aromatic carbocycles. The molecule has 114 valence electrons. The van der Waals surface area contributed by atoms with Crippen molar-refractivity contribution in [2.45, 2.75) is 13.0 Å². The van der Waals surface area contributed by atoms with Gasteiger partial charge in [-0.3, -0.25) is 4.79 Å². The molecule has 1 N–H and O–H groups in total. The summed E-state index contributed by atoms with van der Waals surface area (Å²) >= 11 is 5.74. The molecule has 0 unspecified atom stereocenters. The first-order valence-corrected chi connectivity index (χ1v) is 7.06. The van der Waals surface area contributed by atoms with Crippen molar-refractivity contribution in [3.63, 3.8) is 0 Å². The molecule has 1 amide bonds. The van der Waals surface area contributed by atoms with Crippen LogP contribution in [-0.2, 0) is 9.53 Å². The van der Waals surface area contributed by atoms with Crippen molar-refractivity contribution in [2.24, 2.45) is 0 Å². The van der Waals surface area contributed by atoms with Gasteiger partial charge in [-0.15, -0.1) is 0 Å². The summed E-state index contributed by atoms with van der Waals surface area (Å²) in [6.45, 7) is 1.60. The molecule has 22 heavy (non-hydrogen) atoms. The number of nitrogens with one attached hydrogen (secondary N) is 1. The molecule has 0 radical (unpaired) electrons. The van der Waals surface area contributed by atoms with Crippen LogP contribution in [0.1, 0.15) is 29.1 Å². The van der Waals surface area contributed by atoms with E-state index in [0.717, 1.165) is 5.56 Å². The van der Waals surface area contributed by atoms with Gasteiger partial charge in [0.15, 0.2) is 0 Å². The maximum atomic E-state index is 12.1. The van der Waals surface area contributed by atoms with Crippen molar-refractivity contribution in [1.29, 1.82) is 0 Å². The molecule has 2 aromatic rings. The highest BCUT2D eigenvalue weighted by molar-refractivity contribution is 6.30. The zero-order valence-electron chi connectivity index (χ0n) is 12.0. The summed E-state index contributed by atoms with van der Waals surface area (Å²) < 4.78 is 5.45. The van der Waals surface area contributed by atoms with Gasteiger partial charge in [-0.1, -0.05) is 41.9 Å². The molecular formula is C16H15ClN2O3. The van der Waals surface area contributed by atoms with Crippen LogP contribution in [0, 0.1) is 0 Å². The first kappa shape index (κ1) is 16.0. The fourth-order valence-corrected chi connectivity index (χ4v) is 1.93. The number of aromatic nitrogens is 1. The predicted molar refractivity (Wildman–Crippen MR) is 82.5 cm³/mol. The molecule has 5 nitrogen and oxygen atoms in total. The van der Waals surface area contributed by atoms with Gasteiger partial charge in [0, 0.05) is 13.1 Å². The number of hydrogen-bond acceptors (Lipinski definition) is 4. The third-order valence-electron chi connectivity index (χ3n) is 2.89. The molecule has 0 saturated carbocycles. The number of carbonyl (C=O) groups is 2. The van der Waals surface area contributed by atoms with E-state index in [1.807, 2.05) is 30.3 Å². The van der Waals surface area contributed by atoms with E-state index in [-0.39, 0.29) is 18.1 Å². The highest BCUT2D eigenvalue weighted by atomic mass is 35.5. The number of esters is 1. The van der Waals surface area contributed by atoms with E-state index in [4.69, 9.17) is 16.3 Å². The number of pyridine rings is 1. The summed E-state index contributed by atoms with van der Waals surface area (Å²) in [5.74, 6) is -0.766. The number of carbonyl (C=O) groups excluding carboxylic acids is 2. The second kappa shape index (κ2) is 7.56. The Kier molecular flexibility index (Phi) is 5.49. The Balaban J connectivity index is 2.13. The molecule has 0 spiro atoms. The number of halogens is 1. The Morgan fingerprint density at radius 3 is 2.55 bits per heavy atom. The van der Waals surface area contributed by atoms with E-state index in [9.17, 15) is 9.59 Å². The molecule has 2 rings (SSSR count). The van der Waals surface area contributed by atoms with E-state index in [1.165, 1.54) is 19.2 Å². The van der Waals surface area contributed by atoms with E-state index in [2.05, 4.69) is 10.3 Å². The molecule has 0 aliphatic carbocycles. The summed E-state index contributed by atoms with van der Waals surface area (Å²) in [6, 6.07) is 12.3. The Labute approximate surface area is 133 Å². The average Bonchev–Trinajstić information content (AvgIpc) is 2.52. The summed E-state index contributed by atoms with van der Waals surface area (Å²) in [5, 5.41) is 3.09. The van der Waals surface area contributed by atoms with Gasteiger partial charge in [0.05, 0.1) is 11.6 Å². The number of rotatable bonds is 5. The molecule has 1 aromatic heterocycles. The lowest BCUT2D eigenvalue weighted by Crippen LogP contribution is -2.28. The third kappa shape index (κ3) is 4.56. The number of amides is 1. The molecule has 1 heterocycles. The van der Waals surface area contributed by atoms with Crippen molar-refractivity contribution in [3.8, 4) is 0 Å². The van der Waals surface area contributed by atoms with E-state index >= 15 is 0 Å². The minimum atomic E-state index is -0.588. The maximum Gasteiger partial charge on any atom is 0.357 e. The number of hydrogen-bond donors (Lipinski definition) is 1. The SMILES string of the molecule is CC(=O)NC[C@H](OC(=O)c1ccc(Cl)cn1)c1ccccc1. The minimum Gasteiger partial charge on any atom is -0.451 e. The van der Waals surface area contributed by atoms with Gasteiger partial charge in [-0.05, 0) is 17.7 Å².